The van der Waals surface area contributed by atoms with Gasteiger partial charge in [0.15, 0.2) is 0 Å². The monoisotopic (exact) mass is 291 g/mol. The Balaban J connectivity index is 2.23. The highest BCUT2D eigenvalue weighted by atomic mass is 16.3. The highest BCUT2D eigenvalue weighted by molar-refractivity contribution is 5.75. The van der Waals surface area contributed by atoms with Gasteiger partial charge in [-0.2, -0.15) is 0 Å². The van der Waals surface area contributed by atoms with Gasteiger partial charge in [-0.15, -0.1) is 0 Å². The third kappa shape index (κ3) is 7.86. The zero-order chi connectivity index (χ0) is 15.9. The van der Waals surface area contributed by atoms with Gasteiger partial charge >= 0.3 is 0 Å². The van der Waals surface area contributed by atoms with E-state index in [1.165, 1.54) is 11.1 Å². The Hall–Kier alpha value is -1.35. The molecule has 0 radical (unpaired) electrons. The van der Waals surface area contributed by atoms with Crippen LogP contribution in [0.3, 0.4) is 0 Å². The largest absolute Gasteiger partial charge is 0.393 e. The number of hydrogen-bond donors (Lipinski definition) is 2. The van der Waals surface area contributed by atoms with E-state index in [9.17, 15) is 9.90 Å². The highest BCUT2D eigenvalue weighted by Crippen LogP contribution is 2.21. The van der Waals surface area contributed by atoms with Gasteiger partial charge in [0.2, 0.25) is 5.91 Å². The SMILES string of the molecule is Cc1ccc(CCCC(=O)NCC(C)(C)CC(C)O)cc1. The molecule has 0 aliphatic rings. The average molecular weight is 291 g/mol. The third-order valence-electron chi connectivity index (χ3n) is 3.60. The summed E-state index contributed by atoms with van der Waals surface area (Å²) in [6, 6.07) is 8.46. The van der Waals surface area contributed by atoms with Crippen LogP contribution in [0.25, 0.3) is 0 Å². The zero-order valence-corrected chi connectivity index (χ0v) is 13.8. The van der Waals surface area contributed by atoms with E-state index in [1.54, 1.807) is 6.92 Å². The van der Waals surface area contributed by atoms with Gasteiger partial charge in [0.1, 0.15) is 0 Å². The van der Waals surface area contributed by atoms with E-state index < -0.39 is 0 Å². The molecule has 0 aliphatic heterocycles. The first kappa shape index (κ1) is 17.7. The number of nitrogens with one attached hydrogen (secondary N) is 1. The minimum atomic E-state index is -0.335. The number of aliphatic hydroxyl groups is 1. The molecule has 118 valence electrons. The quantitative estimate of drug-likeness (QED) is 0.772. The van der Waals surface area contributed by atoms with Crippen LogP contribution in [0.2, 0.25) is 0 Å². The van der Waals surface area contributed by atoms with Crippen molar-refractivity contribution in [1.82, 2.24) is 5.32 Å². The molecule has 3 nitrogen and oxygen atoms in total. The van der Waals surface area contributed by atoms with Gasteiger partial charge in [-0.3, -0.25) is 4.79 Å². The van der Waals surface area contributed by atoms with Crippen LogP contribution in [0.15, 0.2) is 24.3 Å². The Labute approximate surface area is 128 Å². The van der Waals surface area contributed by atoms with Gasteiger partial charge in [0, 0.05) is 13.0 Å². The number of rotatable bonds is 8. The van der Waals surface area contributed by atoms with E-state index in [4.69, 9.17) is 0 Å². The molecule has 0 spiro atoms. The number of aryl methyl sites for hydroxylation is 2. The molecule has 0 bridgehead atoms. The van der Waals surface area contributed by atoms with E-state index in [-0.39, 0.29) is 17.4 Å². The Morgan fingerprint density at radius 2 is 1.90 bits per heavy atom. The van der Waals surface area contributed by atoms with Crippen molar-refractivity contribution in [1.29, 1.82) is 0 Å². The van der Waals surface area contributed by atoms with Gasteiger partial charge < -0.3 is 10.4 Å². The van der Waals surface area contributed by atoms with Crippen LogP contribution in [-0.4, -0.2) is 23.7 Å². The minimum absolute atomic E-state index is 0.0687. The van der Waals surface area contributed by atoms with Gasteiger partial charge in [-0.05, 0) is 44.1 Å². The Morgan fingerprint density at radius 1 is 1.29 bits per heavy atom. The lowest BCUT2D eigenvalue weighted by molar-refractivity contribution is -0.121. The first-order chi connectivity index (χ1) is 9.78. The molecule has 1 aromatic carbocycles. The summed E-state index contributed by atoms with van der Waals surface area (Å²) in [6.07, 6.45) is 2.71. The Morgan fingerprint density at radius 3 is 2.48 bits per heavy atom. The second-order valence-corrected chi connectivity index (χ2v) is 6.83. The molecule has 1 rings (SSSR count). The summed E-state index contributed by atoms with van der Waals surface area (Å²) >= 11 is 0. The van der Waals surface area contributed by atoms with Crippen molar-refractivity contribution < 1.29 is 9.90 Å². The molecule has 3 heteroatoms. The minimum Gasteiger partial charge on any atom is -0.393 e. The van der Waals surface area contributed by atoms with Gasteiger partial charge in [0.05, 0.1) is 6.10 Å². The molecular formula is C18H29NO2. The van der Waals surface area contributed by atoms with Crippen LogP contribution < -0.4 is 5.32 Å². The number of aliphatic hydroxyl groups excluding tert-OH is 1. The lowest BCUT2D eigenvalue weighted by atomic mass is 9.87. The molecule has 1 amide bonds. The fourth-order valence-corrected chi connectivity index (χ4v) is 2.51. The van der Waals surface area contributed by atoms with Crippen molar-refractivity contribution in [3.05, 3.63) is 35.4 Å². The average Bonchev–Trinajstić information content (AvgIpc) is 2.37. The van der Waals surface area contributed by atoms with Crippen LogP contribution in [0.1, 0.15) is 51.2 Å². The first-order valence-electron chi connectivity index (χ1n) is 7.79. The zero-order valence-electron chi connectivity index (χ0n) is 13.8. The van der Waals surface area contributed by atoms with Gasteiger partial charge in [-0.1, -0.05) is 43.7 Å². The predicted octanol–water partition coefficient (Wildman–Crippen LogP) is 3.23. The number of carbonyl (C=O) groups excluding carboxylic acids is 1. The summed E-state index contributed by atoms with van der Waals surface area (Å²) in [5, 5.41) is 12.4. The van der Waals surface area contributed by atoms with Gasteiger partial charge in [0.25, 0.3) is 0 Å². The Kier molecular flexibility index (Phi) is 6.90. The normalized spacial score (nSPS) is 13.0. The van der Waals surface area contributed by atoms with E-state index in [0.29, 0.717) is 19.4 Å². The molecule has 21 heavy (non-hydrogen) atoms. The topological polar surface area (TPSA) is 49.3 Å². The predicted molar refractivity (Wildman–Crippen MR) is 87.2 cm³/mol. The maximum atomic E-state index is 11.8. The van der Waals surface area contributed by atoms with Crippen LogP contribution >= 0.6 is 0 Å². The van der Waals surface area contributed by atoms with Crippen molar-refractivity contribution in [3.8, 4) is 0 Å². The Bertz CT molecular complexity index is 435. The van der Waals surface area contributed by atoms with Crippen molar-refractivity contribution in [2.75, 3.05) is 6.54 Å². The lowest BCUT2D eigenvalue weighted by Gasteiger charge is -2.26. The molecule has 1 atom stereocenters. The second kappa shape index (κ2) is 8.18. The molecule has 0 saturated heterocycles. The highest BCUT2D eigenvalue weighted by Gasteiger charge is 2.20. The number of amides is 1. The number of benzene rings is 1. The third-order valence-corrected chi connectivity index (χ3v) is 3.60. The fourth-order valence-electron chi connectivity index (χ4n) is 2.51. The van der Waals surface area contributed by atoms with Crippen LogP contribution in [0.5, 0.6) is 0 Å². The molecule has 0 heterocycles. The molecule has 0 aliphatic carbocycles. The van der Waals surface area contributed by atoms with Crippen molar-refractivity contribution in [3.63, 3.8) is 0 Å². The van der Waals surface area contributed by atoms with E-state index in [1.807, 2.05) is 0 Å². The smallest absolute Gasteiger partial charge is 0.220 e. The van der Waals surface area contributed by atoms with Crippen LogP contribution in [-0.2, 0) is 11.2 Å². The molecule has 1 unspecified atom stereocenters. The van der Waals surface area contributed by atoms with E-state index in [0.717, 1.165) is 12.8 Å². The summed E-state index contributed by atoms with van der Waals surface area (Å²) in [6.45, 7) is 8.59. The molecule has 0 aromatic heterocycles. The summed E-state index contributed by atoms with van der Waals surface area (Å²) in [4.78, 5) is 11.8. The summed E-state index contributed by atoms with van der Waals surface area (Å²) in [7, 11) is 0. The summed E-state index contributed by atoms with van der Waals surface area (Å²) < 4.78 is 0. The van der Waals surface area contributed by atoms with Crippen molar-refractivity contribution in [2.45, 2.75) is 59.5 Å². The van der Waals surface area contributed by atoms with Gasteiger partial charge in [-0.25, -0.2) is 0 Å². The maximum absolute atomic E-state index is 11.8. The first-order valence-corrected chi connectivity index (χ1v) is 7.79. The molecule has 0 fully saturated rings. The summed E-state index contributed by atoms with van der Waals surface area (Å²) in [5.74, 6) is 0.0979. The summed E-state index contributed by atoms with van der Waals surface area (Å²) in [5.41, 5.74) is 2.47. The molecule has 2 N–H and O–H groups in total. The second-order valence-electron chi connectivity index (χ2n) is 6.83. The number of carbonyl (C=O) groups is 1. The van der Waals surface area contributed by atoms with Crippen LogP contribution in [0, 0.1) is 12.3 Å². The standard InChI is InChI=1S/C18H29NO2/c1-14-8-10-16(11-9-14)6-5-7-17(21)19-13-18(3,4)12-15(2)20/h8-11,15,20H,5-7,12-13H2,1-4H3,(H,19,21). The maximum Gasteiger partial charge on any atom is 0.220 e. The molecule has 0 saturated carbocycles. The molecular weight excluding hydrogens is 262 g/mol. The van der Waals surface area contributed by atoms with Crippen molar-refractivity contribution in [2.24, 2.45) is 5.41 Å². The van der Waals surface area contributed by atoms with E-state index in [2.05, 4.69) is 50.4 Å². The molecule has 1 aromatic rings. The lowest BCUT2D eigenvalue weighted by Crippen LogP contribution is -2.35. The van der Waals surface area contributed by atoms with Crippen molar-refractivity contribution >= 4 is 5.91 Å². The fraction of sp³-hybridized carbons (Fsp3) is 0.611. The van der Waals surface area contributed by atoms with E-state index >= 15 is 0 Å². The number of hydrogen-bond acceptors (Lipinski definition) is 2. The van der Waals surface area contributed by atoms with Crippen LogP contribution in [0.4, 0.5) is 0 Å².